The average molecular weight is 254 g/mol. The summed E-state index contributed by atoms with van der Waals surface area (Å²) in [5.74, 6) is 0.884. The minimum Gasteiger partial charge on any atom is -0.340 e. The molecule has 96 valence electrons. The van der Waals surface area contributed by atoms with E-state index in [0.29, 0.717) is 6.42 Å². The van der Waals surface area contributed by atoms with E-state index in [9.17, 15) is 4.79 Å². The van der Waals surface area contributed by atoms with Crippen LogP contribution >= 0.6 is 0 Å². The standard InChI is InChI=1S/C14H14N4O/c1-9-5-13(16-8-15-9)17-11-3-4-12-10(6-11)7-14(19)18(12)2/h3-6,8H,7H2,1-2H3,(H,15,16,17). The van der Waals surface area contributed by atoms with E-state index in [2.05, 4.69) is 15.3 Å². The van der Waals surface area contributed by atoms with Gasteiger partial charge in [0.2, 0.25) is 5.91 Å². The molecule has 5 nitrogen and oxygen atoms in total. The number of aromatic nitrogens is 2. The molecule has 0 bridgehead atoms. The van der Waals surface area contributed by atoms with Crippen molar-refractivity contribution < 1.29 is 4.79 Å². The van der Waals surface area contributed by atoms with Gasteiger partial charge in [-0.25, -0.2) is 9.97 Å². The van der Waals surface area contributed by atoms with Crippen molar-refractivity contribution in [2.45, 2.75) is 13.3 Å². The molecule has 2 aromatic rings. The molecule has 0 radical (unpaired) electrons. The summed E-state index contributed by atoms with van der Waals surface area (Å²) in [6.45, 7) is 1.92. The number of hydrogen-bond acceptors (Lipinski definition) is 4. The molecule has 1 aliphatic rings. The van der Waals surface area contributed by atoms with E-state index >= 15 is 0 Å². The number of fused-ring (bicyclic) bond motifs is 1. The van der Waals surface area contributed by atoms with E-state index < -0.39 is 0 Å². The molecular weight excluding hydrogens is 240 g/mol. The van der Waals surface area contributed by atoms with Crippen LogP contribution in [0.2, 0.25) is 0 Å². The Bertz CT molecular complexity index is 654. The highest BCUT2D eigenvalue weighted by molar-refractivity contribution is 6.01. The maximum Gasteiger partial charge on any atom is 0.231 e. The minimum absolute atomic E-state index is 0.130. The van der Waals surface area contributed by atoms with Gasteiger partial charge in [-0.2, -0.15) is 0 Å². The van der Waals surface area contributed by atoms with Gasteiger partial charge in [0.1, 0.15) is 12.1 Å². The maximum absolute atomic E-state index is 11.6. The van der Waals surface area contributed by atoms with Gasteiger partial charge in [-0.15, -0.1) is 0 Å². The van der Waals surface area contributed by atoms with Gasteiger partial charge in [0.15, 0.2) is 0 Å². The molecule has 1 amide bonds. The third-order valence-electron chi connectivity index (χ3n) is 3.23. The molecule has 1 aromatic heterocycles. The number of nitrogens with one attached hydrogen (secondary N) is 1. The zero-order chi connectivity index (χ0) is 13.4. The molecule has 0 aliphatic carbocycles. The monoisotopic (exact) mass is 254 g/mol. The fourth-order valence-corrected chi connectivity index (χ4v) is 2.22. The molecule has 0 saturated carbocycles. The van der Waals surface area contributed by atoms with Gasteiger partial charge in [0.25, 0.3) is 0 Å². The van der Waals surface area contributed by atoms with E-state index in [4.69, 9.17) is 0 Å². The molecule has 1 aliphatic heterocycles. The normalized spacial score (nSPS) is 13.6. The fraction of sp³-hybridized carbons (Fsp3) is 0.214. The van der Waals surface area contributed by atoms with Crippen molar-refractivity contribution in [3.8, 4) is 0 Å². The van der Waals surface area contributed by atoms with Gasteiger partial charge < -0.3 is 10.2 Å². The molecule has 0 saturated heterocycles. The highest BCUT2D eigenvalue weighted by atomic mass is 16.2. The lowest BCUT2D eigenvalue weighted by molar-refractivity contribution is -0.117. The fourth-order valence-electron chi connectivity index (χ4n) is 2.22. The topological polar surface area (TPSA) is 58.1 Å². The van der Waals surface area contributed by atoms with Crippen LogP contribution < -0.4 is 10.2 Å². The van der Waals surface area contributed by atoms with E-state index in [0.717, 1.165) is 28.5 Å². The first-order chi connectivity index (χ1) is 9.13. The van der Waals surface area contributed by atoms with Gasteiger partial charge in [0, 0.05) is 30.2 Å². The van der Waals surface area contributed by atoms with E-state index in [1.54, 1.807) is 11.9 Å². The highest BCUT2D eigenvalue weighted by Gasteiger charge is 2.23. The lowest BCUT2D eigenvalue weighted by Crippen LogP contribution is -2.20. The number of carbonyl (C=O) groups excluding carboxylic acids is 1. The van der Waals surface area contributed by atoms with Crippen LogP contribution in [-0.2, 0) is 11.2 Å². The van der Waals surface area contributed by atoms with Crippen LogP contribution in [0, 0.1) is 6.92 Å². The van der Waals surface area contributed by atoms with E-state index in [-0.39, 0.29) is 5.91 Å². The Morgan fingerprint density at radius 2 is 2.11 bits per heavy atom. The number of nitrogens with zero attached hydrogens (tertiary/aromatic N) is 3. The summed E-state index contributed by atoms with van der Waals surface area (Å²) in [7, 11) is 1.80. The van der Waals surface area contributed by atoms with Gasteiger partial charge in [0.05, 0.1) is 6.42 Å². The number of carbonyl (C=O) groups is 1. The summed E-state index contributed by atoms with van der Waals surface area (Å²) in [6.07, 6.45) is 1.99. The largest absolute Gasteiger partial charge is 0.340 e. The Kier molecular flexibility index (Phi) is 2.67. The number of benzene rings is 1. The van der Waals surface area contributed by atoms with Gasteiger partial charge >= 0.3 is 0 Å². The number of hydrogen-bond donors (Lipinski definition) is 1. The Hall–Kier alpha value is -2.43. The third-order valence-corrected chi connectivity index (χ3v) is 3.23. The number of rotatable bonds is 2. The second-order valence-electron chi connectivity index (χ2n) is 4.64. The van der Waals surface area contributed by atoms with Crippen LogP contribution in [0.25, 0.3) is 0 Å². The van der Waals surface area contributed by atoms with Crippen molar-refractivity contribution in [1.29, 1.82) is 0 Å². The Morgan fingerprint density at radius 3 is 2.89 bits per heavy atom. The first kappa shape index (κ1) is 11.6. The van der Waals surface area contributed by atoms with Crippen molar-refractivity contribution in [3.63, 3.8) is 0 Å². The van der Waals surface area contributed by atoms with Crippen LogP contribution in [0.3, 0.4) is 0 Å². The molecule has 5 heteroatoms. The van der Waals surface area contributed by atoms with Crippen molar-refractivity contribution in [1.82, 2.24) is 9.97 Å². The van der Waals surface area contributed by atoms with Crippen LogP contribution in [0.1, 0.15) is 11.3 Å². The van der Waals surface area contributed by atoms with Gasteiger partial charge in [-0.1, -0.05) is 0 Å². The molecule has 1 N–H and O–H groups in total. The SMILES string of the molecule is Cc1cc(Nc2ccc3c(c2)CC(=O)N3C)ncn1. The number of likely N-dealkylation sites (N-methyl/N-ethyl adjacent to an activating group) is 1. The number of anilines is 3. The van der Waals surface area contributed by atoms with Gasteiger partial charge in [-0.3, -0.25) is 4.79 Å². The summed E-state index contributed by atoms with van der Waals surface area (Å²) in [5, 5.41) is 3.22. The van der Waals surface area contributed by atoms with E-state index in [1.807, 2.05) is 31.2 Å². The summed E-state index contributed by atoms with van der Waals surface area (Å²) >= 11 is 0. The summed E-state index contributed by atoms with van der Waals surface area (Å²) in [6, 6.07) is 7.78. The second-order valence-corrected chi connectivity index (χ2v) is 4.64. The molecule has 1 aromatic carbocycles. The first-order valence-electron chi connectivity index (χ1n) is 6.08. The molecule has 0 atom stereocenters. The van der Waals surface area contributed by atoms with Gasteiger partial charge in [-0.05, 0) is 30.7 Å². The lowest BCUT2D eigenvalue weighted by atomic mass is 10.1. The Balaban J connectivity index is 1.88. The molecule has 19 heavy (non-hydrogen) atoms. The zero-order valence-corrected chi connectivity index (χ0v) is 10.8. The van der Waals surface area contributed by atoms with Crippen molar-refractivity contribution >= 4 is 23.1 Å². The number of amides is 1. The van der Waals surface area contributed by atoms with Crippen LogP contribution in [-0.4, -0.2) is 22.9 Å². The molecule has 2 heterocycles. The predicted octanol–water partition coefficient (Wildman–Crippen LogP) is 2.05. The smallest absolute Gasteiger partial charge is 0.231 e. The Morgan fingerprint density at radius 1 is 1.26 bits per heavy atom. The van der Waals surface area contributed by atoms with E-state index in [1.165, 1.54) is 6.33 Å². The third kappa shape index (κ3) is 2.14. The molecule has 3 rings (SSSR count). The quantitative estimate of drug-likeness (QED) is 0.891. The maximum atomic E-state index is 11.6. The summed E-state index contributed by atoms with van der Waals surface area (Å²) < 4.78 is 0. The lowest BCUT2D eigenvalue weighted by Gasteiger charge is -2.11. The molecule has 0 spiro atoms. The minimum atomic E-state index is 0.130. The average Bonchev–Trinajstić information content (AvgIpc) is 2.65. The summed E-state index contributed by atoms with van der Waals surface area (Å²) in [5.41, 5.74) is 3.87. The van der Waals surface area contributed by atoms with Crippen molar-refractivity contribution in [3.05, 3.63) is 41.9 Å². The summed E-state index contributed by atoms with van der Waals surface area (Å²) in [4.78, 5) is 21.5. The highest BCUT2D eigenvalue weighted by Crippen LogP contribution is 2.30. The molecule has 0 unspecified atom stereocenters. The second kappa shape index (κ2) is 4.35. The molecule has 0 fully saturated rings. The van der Waals surface area contributed by atoms with Crippen LogP contribution in [0.4, 0.5) is 17.2 Å². The predicted molar refractivity (Wildman–Crippen MR) is 73.6 cm³/mol. The van der Waals surface area contributed by atoms with Crippen LogP contribution in [0.5, 0.6) is 0 Å². The molecular formula is C14H14N4O. The number of aryl methyl sites for hydroxylation is 1. The first-order valence-corrected chi connectivity index (χ1v) is 6.08. The Labute approximate surface area is 111 Å². The van der Waals surface area contributed by atoms with Crippen molar-refractivity contribution in [2.24, 2.45) is 0 Å². The van der Waals surface area contributed by atoms with Crippen molar-refractivity contribution in [2.75, 3.05) is 17.3 Å². The zero-order valence-electron chi connectivity index (χ0n) is 10.8. The van der Waals surface area contributed by atoms with Crippen LogP contribution in [0.15, 0.2) is 30.6 Å².